The van der Waals surface area contributed by atoms with Gasteiger partial charge in [0.2, 0.25) is 11.8 Å². The third kappa shape index (κ3) is 7.75. The van der Waals surface area contributed by atoms with Gasteiger partial charge in [-0.05, 0) is 79.2 Å². The topological polar surface area (TPSA) is 82.3 Å². The summed E-state index contributed by atoms with van der Waals surface area (Å²) in [5, 5.41) is 12.4. The molecule has 0 atom stereocenters. The van der Waals surface area contributed by atoms with Crippen molar-refractivity contribution in [3.05, 3.63) is 109 Å². The second-order valence-corrected chi connectivity index (χ2v) is 8.09. The molecule has 0 fully saturated rings. The van der Waals surface area contributed by atoms with Crippen molar-refractivity contribution < 1.29 is 9.59 Å². The van der Waals surface area contributed by atoms with Crippen LogP contribution >= 0.6 is 0 Å². The first-order valence-corrected chi connectivity index (χ1v) is 11.6. The zero-order valence-electron chi connectivity index (χ0n) is 19.3. The monoisotopic (exact) mass is 464 g/mol. The van der Waals surface area contributed by atoms with E-state index in [9.17, 15) is 9.59 Å². The molecule has 0 radical (unpaired) electrons. The van der Waals surface area contributed by atoms with Gasteiger partial charge in [-0.25, -0.2) is 0 Å². The van der Waals surface area contributed by atoms with Crippen LogP contribution in [-0.4, -0.2) is 11.8 Å². The van der Waals surface area contributed by atoms with E-state index in [1.165, 1.54) is 0 Å². The van der Waals surface area contributed by atoms with Crippen LogP contribution in [0, 0.1) is 0 Å². The number of hydrogen-bond donors (Lipinski definition) is 4. The summed E-state index contributed by atoms with van der Waals surface area (Å²) in [6.45, 7) is 0. The SMILES string of the molecule is O=C(CCCC(=O)Nc1ccc(Nc2ccccc2)cc1)Nc1ccc(Nc2ccccc2)cc1. The van der Waals surface area contributed by atoms with E-state index in [0.717, 1.165) is 34.1 Å². The summed E-state index contributed by atoms with van der Waals surface area (Å²) in [6, 6.07) is 34.8. The zero-order valence-corrected chi connectivity index (χ0v) is 19.3. The van der Waals surface area contributed by atoms with Crippen LogP contribution in [0.1, 0.15) is 19.3 Å². The van der Waals surface area contributed by atoms with Crippen molar-refractivity contribution >= 4 is 45.9 Å². The standard InChI is InChI=1S/C29H28N4O2/c34-28(32-26-18-14-24(15-19-26)30-22-8-3-1-4-9-22)12-7-13-29(35)33-27-20-16-25(17-21-27)31-23-10-5-2-6-11-23/h1-6,8-11,14-21,30-31H,7,12-13H2,(H,32,34)(H,33,35). The first-order chi connectivity index (χ1) is 17.1. The third-order valence-electron chi connectivity index (χ3n) is 5.27. The van der Waals surface area contributed by atoms with Crippen molar-refractivity contribution in [2.45, 2.75) is 19.3 Å². The molecule has 4 N–H and O–H groups in total. The average molecular weight is 465 g/mol. The van der Waals surface area contributed by atoms with Crippen LogP contribution in [0.15, 0.2) is 109 Å². The Morgan fingerprint density at radius 3 is 1.11 bits per heavy atom. The molecule has 0 heterocycles. The lowest BCUT2D eigenvalue weighted by Crippen LogP contribution is -2.14. The molecule has 4 aromatic rings. The Morgan fingerprint density at radius 2 is 0.743 bits per heavy atom. The fourth-order valence-corrected chi connectivity index (χ4v) is 3.51. The van der Waals surface area contributed by atoms with Gasteiger partial charge in [0.15, 0.2) is 0 Å². The highest BCUT2D eigenvalue weighted by Crippen LogP contribution is 2.20. The van der Waals surface area contributed by atoms with Gasteiger partial charge in [-0.3, -0.25) is 9.59 Å². The van der Waals surface area contributed by atoms with Gasteiger partial charge >= 0.3 is 0 Å². The quantitative estimate of drug-likeness (QED) is 0.205. The van der Waals surface area contributed by atoms with E-state index in [1.807, 2.05) is 109 Å². The maximum Gasteiger partial charge on any atom is 0.224 e. The van der Waals surface area contributed by atoms with Gasteiger partial charge < -0.3 is 21.3 Å². The molecule has 0 unspecified atom stereocenters. The Bertz CT molecular complexity index is 1130. The Morgan fingerprint density at radius 1 is 0.429 bits per heavy atom. The van der Waals surface area contributed by atoms with Crippen molar-refractivity contribution in [1.82, 2.24) is 0 Å². The van der Waals surface area contributed by atoms with Crippen molar-refractivity contribution in [3.63, 3.8) is 0 Å². The predicted molar refractivity (Wildman–Crippen MR) is 143 cm³/mol. The normalized spacial score (nSPS) is 10.3. The lowest BCUT2D eigenvalue weighted by atomic mass is 10.2. The van der Waals surface area contributed by atoms with Crippen LogP contribution < -0.4 is 21.3 Å². The highest BCUT2D eigenvalue weighted by atomic mass is 16.2. The summed E-state index contributed by atoms with van der Waals surface area (Å²) in [5.74, 6) is -0.226. The van der Waals surface area contributed by atoms with Gasteiger partial charge in [0, 0.05) is 47.0 Å². The molecule has 2 amide bonds. The Labute approximate surface area is 205 Å². The molecule has 6 nitrogen and oxygen atoms in total. The Kier molecular flexibility index (Phi) is 8.11. The van der Waals surface area contributed by atoms with E-state index in [0.29, 0.717) is 6.42 Å². The number of para-hydroxylation sites is 2. The molecule has 4 aromatic carbocycles. The van der Waals surface area contributed by atoms with Gasteiger partial charge in [0.25, 0.3) is 0 Å². The minimum Gasteiger partial charge on any atom is -0.356 e. The van der Waals surface area contributed by atoms with Crippen molar-refractivity contribution in [3.8, 4) is 0 Å². The second kappa shape index (κ2) is 12.0. The van der Waals surface area contributed by atoms with Crippen LogP contribution in [0.5, 0.6) is 0 Å². The van der Waals surface area contributed by atoms with E-state index in [4.69, 9.17) is 0 Å². The summed E-state index contributed by atoms with van der Waals surface area (Å²) in [7, 11) is 0. The molecular weight excluding hydrogens is 436 g/mol. The fourth-order valence-electron chi connectivity index (χ4n) is 3.51. The van der Waals surface area contributed by atoms with Crippen molar-refractivity contribution in [2.24, 2.45) is 0 Å². The Hall–Kier alpha value is -4.58. The minimum absolute atomic E-state index is 0.113. The summed E-state index contributed by atoms with van der Waals surface area (Å²) >= 11 is 0. The zero-order chi connectivity index (χ0) is 24.3. The number of amides is 2. The van der Waals surface area contributed by atoms with Crippen LogP contribution in [0.2, 0.25) is 0 Å². The number of hydrogen-bond acceptors (Lipinski definition) is 4. The largest absolute Gasteiger partial charge is 0.356 e. The lowest BCUT2D eigenvalue weighted by Gasteiger charge is -2.09. The summed E-state index contributed by atoms with van der Waals surface area (Å²) in [4.78, 5) is 24.5. The second-order valence-electron chi connectivity index (χ2n) is 8.09. The first-order valence-electron chi connectivity index (χ1n) is 11.6. The molecule has 0 aliphatic heterocycles. The van der Waals surface area contributed by atoms with Crippen LogP contribution in [0.25, 0.3) is 0 Å². The molecule has 0 bridgehead atoms. The van der Waals surface area contributed by atoms with E-state index in [-0.39, 0.29) is 24.7 Å². The Balaban J connectivity index is 1.16. The summed E-state index contributed by atoms with van der Waals surface area (Å²) in [6.07, 6.45) is 1.02. The smallest absolute Gasteiger partial charge is 0.224 e. The first kappa shape index (κ1) is 23.6. The van der Waals surface area contributed by atoms with E-state index < -0.39 is 0 Å². The number of carbonyl (C=O) groups excluding carboxylic acids is 2. The predicted octanol–water partition coefficient (Wildman–Crippen LogP) is 6.92. The molecule has 35 heavy (non-hydrogen) atoms. The molecule has 0 saturated heterocycles. The number of carbonyl (C=O) groups is 2. The van der Waals surface area contributed by atoms with Crippen LogP contribution in [0.4, 0.5) is 34.1 Å². The molecule has 0 spiro atoms. The van der Waals surface area contributed by atoms with Crippen molar-refractivity contribution in [2.75, 3.05) is 21.3 Å². The summed E-state index contributed by atoms with van der Waals surface area (Å²) in [5.41, 5.74) is 5.33. The number of nitrogens with one attached hydrogen (secondary N) is 4. The molecular formula is C29H28N4O2. The third-order valence-corrected chi connectivity index (χ3v) is 5.27. The maximum atomic E-state index is 12.3. The highest BCUT2D eigenvalue weighted by molar-refractivity contribution is 5.93. The molecule has 0 aromatic heterocycles. The fraction of sp³-hybridized carbons (Fsp3) is 0.103. The van der Waals surface area contributed by atoms with Gasteiger partial charge in [0.05, 0.1) is 0 Å². The number of anilines is 6. The lowest BCUT2D eigenvalue weighted by molar-refractivity contribution is -0.117. The van der Waals surface area contributed by atoms with Crippen LogP contribution in [-0.2, 0) is 9.59 Å². The molecule has 0 saturated carbocycles. The van der Waals surface area contributed by atoms with Crippen molar-refractivity contribution in [1.29, 1.82) is 0 Å². The van der Waals surface area contributed by atoms with Gasteiger partial charge in [0.1, 0.15) is 0 Å². The number of benzene rings is 4. The van der Waals surface area contributed by atoms with Gasteiger partial charge in [-0.1, -0.05) is 36.4 Å². The number of rotatable bonds is 10. The van der Waals surface area contributed by atoms with Gasteiger partial charge in [-0.2, -0.15) is 0 Å². The minimum atomic E-state index is -0.113. The average Bonchev–Trinajstić information content (AvgIpc) is 2.88. The van der Waals surface area contributed by atoms with E-state index >= 15 is 0 Å². The van der Waals surface area contributed by atoms with Gasteiger partial charge in [-0.15, -0.1) is 0 Å². The molecule has 6 heteroatoms. The molecule has 0 aliphatic carbocycles. The van der Waals surface area contributed by atoms with Crippen LogP contribution in [0.3, 0.4) is 0 Å². The maximum absolute atomic E-state index is 12.3. The highest BCUT2D eigenvalue weighted by Gasteiger charge is 2.07. The molecule has 0 aliphatic rings. The van der Waals surface area contributed by atoms with E-state index in [1.54, 1.807) is 0 Å². The summed E-state index contributed by atoms with van der Waals surface area (Å²) < 4.78 is 0. The molecule has 176 valence electrons. The van der Waals surface area contributed by atoms with E-state index in [2.05, 4.69) is 21.3 Å². The molecule has 4 rings (SSSR count).